The van der Waals surface area contributed by atoms with Crippen LogP contribution in [0, 0.1) is 0 Å². The molecule has 0 unspecified atom stereocenters. The van der Waals surface area contributed by atoms with E-state index in [0.29, 0.717) is 12.7 Å². The Labute approximate surface area is 152 Å². The van der Waals surface area contributed by atoms with Crippen LogP contribution in [0.5, 0.6) is 11.5 Å². The number of anilines is 2. The van der Waals surface area contributed by atoms with Gasteiger partial charge in [-0.25, -0.2) is 0 Å². The van der Waals surface area contributed by atoms with Gasteiger partial charge in [0.25, 0.3) is 0 Å². The van der Waals surface area contributed by atoms with Gasteiger partial charge in [-0.3, -0.25) is 0 Å². The van der Waals surface area contributed by atoms with Crippen LogP contribution >= 0.6 is 0 Å². The van der Waals surface area contributed by atoms with Crippen LogP contribution < -0.4 is 14.8 Å². The van der Waals surface area contributed by atoms with E-state index in [1.807, 2.05) is 18.2 Å². The maximum absolute atomic E-state index is 5.45. The second-order valence-corrected chi connectivity index (χ2v) is 7.27. The third-order valence-electron chi connectivity index (χ3n) is 5.53. The van der Waals surface area contributed by atoms with Gasteiger partial charge in [-0.15, -0.1) is 0 Å². The molecule has 5 rings (SSSR count). The molecule has 0 amide bonds. The van der Waals surface area contributed by atoms with Crippen molar-refractivity contribution in [2.24, 2.45) is 0 Å². The summed E-state index contributed by atoms with van der Waals surface area (Å²) in [5.41, 5.74) is 4.70. The summed E-state index contributed by atoms with van der Waals surface area (Å²) in [5.74, 6) is 2.26. The number of ether oxygens (including phenoxy) is 2. The predicted molar refractivity (Wildman–Crippen MR) is 104 cm³/mol. The largest absolute Gasteiger partial charge is 0.454 e. The monoisotopic (exact) mass is 349 g/mol. The first-order valence-electron chi connectivity index (χ1n) is 9.22. The van der Waals surface area contributed by atoms with Crippen LogP contribution in [0.25, 0.3) is 10.9 Å². The van der Waals surface area contributed by atoms with Crippen LogP contribution in [-0.4, -0.2) is 36.8 Å². The first-order valence-corrected chi connectivity index (χ1v) is 9.22. The lowest BCUT2D eigenvalue weighted by atomic mass is 9.89. The van der Waals surface area contributed by atoms with E-state index in [1.165, 1.54) is 42.4 Å². The highest BCUT2D eigenvalue weighted by Crippen LogP contribution is 2.36. The highest BCUT2D eigenvalue weighted by molar-refractivity contribution is 5.87. The molecular formula is C21H23N3O2. The van der Waals surface area contributed by atoms with Crippen molar-refractivity contribution in [3.05, 3.63) is 48.2 Å². The second kappa shape index (κ2) is 6.25. The highest BCUT2D eigenvalue weighted by atomic mass is 16.7. The Bertz CT molecular complexity index is 942. The van der Waals surface area contributed by atoms with Crippen LogP contribution in [0.15, 0.2) is 42.6 Å². The van der Waals surface area contributed by atoms with Crippen molar-refractivity contribution < 1.29 is 9.47 Å². The molecule has 0 radical (unpaired) electrons. The van der Waals surface area contributed by atoms with Crippen LogP contribution in [0.3, 0.4) is 0 Å². The molecule has 26 heavy (non-hydrogen) atoms. The summed E-state index contributed by atoms with van der Waals surface area (Å²) < 4.78 is 10.8. The molecule has 1 saturated heterocycles. The third kappa shape index (κ3) is 2.78. The number of rotatable bonds is 3. The van der Waals surface area contributed by atoms with Crippen molar-refractivity contribution in [2.75, 3.05) is 32.2 Å². The Balaban J connectivity index is 1.39. The lowest BCUT2D eigenvalue weighted by molar-refractivity contribution is 0.174. The predicted octanol–water partition coefficient (Wildman–Crippen LogP) is 4.45. The number of nitrogens with zero attached hydrogens (tertiary/aromatic N) is 1. The Morgan fingerprint density at radius 3 is 2.65 bits per heavy atom. The zero-order chi connectivity index (χ0) is 17.5. The van der Waals surface area contributed by atoms with Crippen molar-refractivity contribution in [1.29, 1.82) is 0 Å². The quantitative estimate of drug-likeness (QED) is 0.733. The Hall–Kier alpha value is -2.66. The van der Waals surface area contributed by atoms with Gasteiger partial charge in [0.2, 0.25) is 6.79 Å². The van der Waals surface area contributed by atoms with E-state index in [9.17, 15) is 0 Å². The molecule has 0 atom stereocenters. The summed E-state index contributed by atoms with van der Waals surface area (Å²) in [5, 5.41) is 4.80. The van der Waals surface area contributed by atoms with E-state index in [1.54, 1.807) is 0 Å². The minimum atomic E-state index is 0.299. The van der Waals surface area contributed by atoms with E-state index in [4.69, 9.17) is 9.47 Å². The maximum atomic E-state index is 5.45. The van der Waals surface area contributed by atoms with Crippen molar-refractivity contribution in [3.8, 4) is 11.5 Å². The SMILES string of the molecule is CN1CCC(c2c[nH]c3cc(Nc4ccc5c(c4)OCO5)ccc23)CC1. The first-order chi connectivity index (χ1) is 12.8. The molecule has 3 heterocycles. The number of nitrogens with one attached hydrogen (secondary N) is 2. The van der Waals surface area contributed by atoms with Gasteiger partial charge in [-0.1, -0.05) is 6.07 Å². The summed E-state index contributed by atoms with van der Waals surface area (Å²) in [4.78, 5) is 5.88. The minimum Gasteiger partial charge on any atom is -0.454 e. The molecule has 2 N–H and O–H groups in total. The molecule has 2 aliphatic rings. The van der Waals surface area contributed by atoms with Crippen LogP contribution in [-0.2, 0) is 0 Å². The number of piperidine rings is 1. The number of aromatic nitrogens is 1. The van der Waals surface area contributed by atoms with E-state index in [-0.39, 0.29) is 0 Å². The molecule has 0 saturated carbocycles. The summed E-state index contributed by atoms with van der Waals surface area (Å²) in [6.45, 7) is 2.66. The van der Waals surface area contributed by atoms with E-state index < -0.39 is 0 Å². The fourth-order valence-electron chi connectivity index (χ4n) is 4.02. The molecule has 0 spiro atoms. The Kier molecular flexibility index (Phi) is 3.75. The van der Waals surface area contributed by atoms with E-state index in [2.05, 4.69) is 46.6 Å². The van der Waals surface area contributed by atoms with Gasteiger partial charge in [-0.2, -0.15) is 0 Å². The summed E-state index contributed by atoms with van der Waals surface area (Å²) in [6.07, 6.45) is 4.67. The van der Waals surface area contributed by atoms with Crippen molar-refractivity contribution in [2.45, 2.75) is 18.8 Å². The lowest BCUT2D eigenvalue weighted by Gasteiger charge is -2.28. The van der Waals surface area contributed by atoms with Crippen molar-refractivity contribution in [1.82, 2.24) is 9.88 Å². The molecular weight excluding hydrogens is 326 g/mol. The van der Waals surface area contributed by atoms with Gasteiger partial charge in [-0.05, 0) is 68.7 Å². The van der Waals surface area contributed by atoms with E-state index >= 15 is 0 Å². The molecule has 0 aliphatic carbocycles. The topological polar surface area (TPSA) is 49.5 Å². The third-order valence-corrected chi connectivity index (χ3v) is 5.53. The first kappa shape index (κ1) is 15.6. The van der Waals surface area contributed by atoms with Crippen LogP contribution in [0.4, 0.5) is 11.4 Å². The van der Waals surface area contributed by atoms with E-state index in [0.717, 1.165) is 22.9 Å². The minimum absolute atomic E-state index is 0.299. The summed E-state index contributed by atoms with van der Waals surface area (Å²) in [6, 6.07) is 12.5. The van der Waals surface area contributed by atoms with Gasteiger partial charge in [0, 0.05) is 34.5 Å². The molecule has 5 heteroatoms. The number of hydrogen-bond donors (Lipinski definition) is 2. The smallest absolute Gasteiger partial charge is 0.231 e. The Morgan fingerprint density at radius 2 is 1.77 bits per heavy atom. The number of hydrogen-bond acceptors (Lipinski definition) is 4. The molecule has 1 fully saturated rings. The maximum Gasteiger partial charge on any atom is 0.231 e. The molecule has 5 nitrogen and oxygen atoms in total. The number of benzene rings is 2. The molecule has 2 aliphatic heterocycles. The molecule has 1 aromatic heterocycles. The van der Waals surface area contributed by atoms with Gasteiger partial charge in [0.15, 0.2) is 11.5 Å². The van der Waals surface area contributed by atoms with Crippen molar-refractivity contribution >= 4 is 22.3 Å². The average Bonchev–Trinajstić information content (AvgIpc) is 3.28. The highest BCUT2D eigenvalue weighted by Gasteiger charge is 2.21. The van der Waals surface area contributed by atoms with Gasteiger partial charge in [0.05, 0.1) is 0 Å². The summed E-state index contributed by atoms with van der Waals surface area (Å²) >= 11 is 0. The van der Waals surface area contributed by atoms with Gasteiger partial charge < -0.3 is 24.7 Å². The zero-order valence-electron chi connectivity index (χ0n) is 14.9. The van der Waals surface area contributed by atoms with Crippen LogP contribution in [0.2, 0.25) is 0 Å². The molecule has 3 aromatic rings. The van der Waals surface area contributed by atoms with Gasteiger partial charge >= 0.3 is 0 Å². The fourth-order valence-corrected chi connectivity index (χ4v) is 4.02. The Morgan fingerprint density at radius 1 is 1.00 bits per heavy atom. The number of fused-ring (bicyclic) bond motifs is 2. The molecule has 2 aromatic carbocycles. The lowest BCUT2D eigenvalue weighted by Crippen LogP contribution is -2.29. The number of likely N-dealkylation sites (tertiary alicyclic amines) is 1. The van der Waals surface area contributed by atoms with Gasteiger partial charge in [0.1, 0.15) is 0 Å². The summed E-state index contributed by atoms with van der Waals surface area (Å²) in [7, 11) is 2.21. The standard InChI is InChI=1S/C21H23N3O2/c1-24-8-6-14(7-9-24)18-12-22-19-10-15(2-4-17(18)19)23-16-3-5-20-21(11-16)26-13-25-20/h2-5,10-12,14,22-23H,6-9,13H2,1H3. The van der Waals surface area contributed by atoms with Crippen molar-refractivity contribution in [3.63, 3.8) is 0 Å². The molecule has 0 bridgehead atoms. The number of aromatic amines is 1. The fraction of sp³-hybridized carbons (Fsp3) is 0.333. The average molecular weight is 349 g/mol. The van der Waals surface area contributed by atoms with Crippen LogP contribution in [0.1, 0.15) is 24.3 Å². The molecule has 134 valence electrons. The normalized spacial score (nSPS) is 17.7. The number of H-pyrrole nitrogens is 1. The zero-order valence-corrected chi connectivity index (χ0v) is 14.9. The second-order valence-electron chi connectivity index (χ2n) is 7.27.